The molecule has 1 aromatic carbocycles. The van der Waals surface area contributed by atoms with Crippen LogP contribution in [-0.2, 0) is 20.7 Å². The van der Waals surface area contributed by atoms with E-state index < -0.39 is 0 Å². The molecule has 0 aromatic heterocycles. The van der Waals surface area contributed by atoms with E-state index in [1.807, 2.05) is 24.8 Å². The highest BCUT2D eigenvalue weighted by Gasteiger charge is 2.42. The number of halogens is 1. The zero-order valence-electron chi connectivity index (χ0n) is 13.8. The third kappa shape index (κ3) is 3.90. The molecule has 2 aliphatic rings. The Morgan fingerprint density at radius 1 is 1.43 bits per heavy atom. The minimum absolute atomic E-state index is 0.0105. The van der Waals surface area contributed by atoms with Gasteiger partial charge < -0.3 is 14.4 Å². The Balaban J connectivity index is 1.70. The van der Waals surface area contributed by atoms with Crippen LogP contribution in [0.25, 0.3) is 0 Å². The van der Waals surface area contributed by atoms with E-state index in [0.717, 1.165) is 30.6 Å². The van der Waals surface area contributed by atoms with Crippen LogP contribution >= 0.6 is 0 Å². The van der Waals surface area contributed by atoms with Gasteiger partial charge in [0.1, 0.15) is 11.4 Å². The van der Waals surface area contributed by atoms with E-state index in [1.165, 1.54) is 12.1 Å². The maximum absolute atomic E-state index is 13.5. The molecule has 0 bridgehead atoms. The summed E-state index contributed by atoms with van der Waals surface area (Å²) in [5, 5.41) is 0. The first kappa shape index (κ1) is 16.4. The van der Waals surface area contributed by atoms with Gasteiger partial charge in [0, 0.05) is 13.2 Å². The topological polar surface area (TPSA) is 38.8 Å². The van der Waals surface area contributed by atoms with E-state index in [0.29, 0.717) is 19.7 Å². The first-order chi connectivity index (χ1) is 11.0. The van der Waals surface area contributed by atoms with E-state index in [-0.39, 0.29) is 29.9 Å². The zero-order valence-corrected chi connectivity index (χ0v) is 13.8. The van der Waals surface area contributed by atoms with Crippen LogP contribution in [0.1, 0.15) is 30.9 Å². The molecule has 23 heavy (non-hydrogen) atoms. The van der Waals surface area contributed by atoms with Crippen LogP contribution in [0.15, 0.2) is 18.2 Å². The fourth-order valence-electron chi connectivity index (χ4n) is 3.66. The van der Waals surface area contributed by atoms with E-state index in [1.54, 1.807) is 0 Å². The number of rotatable bonds is 2. The Bertz CT molecular complexity index is 563. The van der Waals surface area contributed by atoms with Crippen molar-refractivity contribution in [2.24, 2.45) is 0 Å². The maximum Gasteiger partial charge on any atom is 0.227 e. The molecule has 2 heterocycles. The molecule has 5 heteroatoms. The van der Waals surface area contributed by atoms with Crippen molar-refractivity contribution in [2.75, 3.05) is 26.3 Å². The number of hydrogen-bond donors (Lipinski definition) is 0. The first-order valence-corrected chi connectivity index (χ1v) is 8.25. The summed E-state index contributed by atoms with van der Waals surface area (Å²) in [6, 6.07) is 4.78. The highest BCUT2D eigenvalue weighted by molar-refractivity contribution is 5.79. The average Bonchev–Trinajstić information content (AvgIpc) is 2.46. The third-order valence-electron chi connectivity index (χ3n) is 4.50. The van der Waals surface area contributed by atoms with Crippen LogP contribution in [0.4, 0.5) is 4.39 Å². The number of ether oxygens (including phenoxy) is 2. The van der Waals surface area contributed by atoms with Crippen molar-refractivity contribution in [3.8, 4) is 0 Å². The predicted molar refractivity (Wildman–Crippen MR) is 84.8 cm³/mol. The second-order valence-electron chi connectivity index (χ2n) is 6.86. The summed E-state index contributed by atoms with van der Waals surface area (Å²) in [6.07, 6.45) is 2.09. The van der Waals surface area contributed by atoms with Gasteiger partial charge in [0.25, 0.3) is 0 Å². The predicted octanol–water partition coefficient (Wildman–Crippen LogP) is 2.47. The van der Waals surface area contributed by atoms with Gasteiger partial charge in [-0.15, -0.1) is 0 Å². The van der Waals surface area contributed by atoms with Crippen LogP contribution in [0.3, 0.4) is 0 Å². The molecule has 1 amide bonds. The monoisotopic (exact) mass is 321 g/mol. The van der Waals surface area contributed by atoms with Crippen LogP contribution in [0.5, 0.6) is 0 Å². The number of amides is 1. The second kappa shape index (κ2) is 6.57. The van der Waals surface area contributed by atoms with Crippen LogP contribution in [-0.4, -0.2) is 48.8 Å². The van der Waals surface area contributed by atoms with Crippen molar-refractivity contribution in [2.45, 2.75) is 44.8 Å². The average molecular weight is 321 g/mol. The lowest BCUT2D eigenvalue weighted by molar-refractivity contribution is -0.199. The number of benzene rings is 1. The molecule has 2 aliphatic heterocycles. The number of hydrogen-bond acceptors (Lipinski definition) is 3. The Kier molecular flexibility index (Phi) is 4.69. The van der Waals surface area contributed by atoms with Crippen molar-refractivity contribution < 1.29 is 18.7 Å². The number of carbonyl (C=O) groups is 1. The van der Waals surface area contributed by atoms with Gasteiger partial charge in [0.2, 0.25) is 5.91 Å². The minimum Gasteiger partial charge on any atom is -0.378 e. The lowest BCUT2D eigenvalue weighted by Gasteiger charge is -2.47. The van der Waals surface area contributed by atoms with Crippen molar-refractivity contribution >= 4 is 5.91 Å². The van der Waals surface area contributed by atoms with Crippen molar-refractivity contribution in [3.63, 3.8) is 0 Å². The van der Waals surface area contributed by atoms with Gasteiger partial charge in [-0.1, -0.05) is 6.07 Å². The van der Waals surface area contributed by atoms with Crippen molar-refractivity contribution in [3.05, 3.63) is 35.1 Å². The summed E-state index contributed by atoms with van der Waals surface area (Å²) in [7, 11) is 0. The van der Waals surface area contributed by atoms with E-state index >= 15 is 0 Å². The quantitative estimate of drug-likeness (QED) is 0.840. The molecule has 1 aromatic rings. The standard InChI is InChI=1S/C18H24FNO3/c1-13-6-15(8-16(19)7-13)9-17(21)20-10-14(2)23-18(11-20)4-3-5-22-12-18/h6-8,14H,3-5,9-12H2,1-2H3. The normalized spacial score (nSPS) is 28.1. The molecule has 0 saturated carbocycles. The highest BCUT2D eigenvalue weighted by Crippen LogP contribution is 2.30. The molecule has 126 valence electrons. The van der Waals surface area contributed by atoms with Gasteiger partial charge in [-0.05, 0) is 49.9 Å². The molecule has 2 saturated heterocycles. The molecular weight excluding hydrogens is 297 g/mol. The number of nitrogens with zero attached hydrogens (tertiary/aromatic N) is 1. The minimum atomic E-state index is -0.372. The summed E-state index contributed by atoms with van der Waals surface area (Å²) in [5.41, 5.74) is 1.18. The molecule has 0 aliphatic carbocycles. The van der Waals surface area contributed by atoms with Crippen LogP contribution in [0.2, 0.25) is 0 Å². The lowest BCUT2D eigenvalue weighted by Crippen LogP contribution is -2.60. The van der Waals surface area contributed by atoms with Crippen molar-refractivity contribution in [1.29, 1.82) is 0 Å². The lowest BCUT2D eigenvalue weighted by atomic mass is 9.93. The summed E-state index contributed by atoms with van der Waals surface area (Å²) in [6.45, 7) is 6.26. The summed E-state index contributed by atoms with van der Waals surface area (Å²) in [5.74, 6) is -0.268. The second-order valence-corrected chi connectivity index (χ2v) is 6.86. The van der Waals surface area contributed by atoms with E-state index in [2.05, 4.69) is 0 Å². The number of aryl methyl sites for hydroxylation is 1. The smallest absolute Gasteiger partial charge is 0.227 e. The molecule has 2 atom stereocenters. The largest absolute Gasteiger partial charge is 0.378 e. The Labute approximate surface area is 136 Å². The van der Waals surface area contributed by atoms with Crippen LogP contribution < -0.4 is 0 Å². The van der Waals surface area contributed by atoms with Gasteiger partial charge in [-0.2, -0.15) is 0 Å². The fourth-order valence-corrected chi connectivity index (χ4v) is 3.66. The zero-order chi connectivity index (χ0) is 16.4. The maximum atomic E-state index is 13.5. The summed E-state index contributed by atoms with van der Waals surface area (Å²) in [4.78, 5) is 14.5. The van der Waals surface area contributed by atoms with Gasteiger partial charge in [-0.25, -0.2) is 4.39 Å². The van der Waals surface area contributed by atoms with E-state index in [9.17, 15) is 9.18 Å². The van der Waals surface area contributed by atoms with Crippen LogP contribution in [0, 0.1) is 12.7 Å². The van der Waals surface area contributed by atoms with E-state index in [4.69, 9.17) is 9.47 Å². The first-order valence-electron chi connectivity index (χ1n) is 8.25. The van der Waals surface area contributed by atoms with Gasteiger partial charge in [-0.3, -0.25) is 4.79 Å². The Morgan fingerprint density at radius 3 is 2.96 bits per heavy atom. The molecule has 4 nitrogen and oxygen atoms in total. The molecule has 2 unspecified atom stereocenters. The number of morpholine rings is 1. The molecule has 1 spiro atoms. The fraction of sp³-hybridized carbons (Fsp3) is 0.611. The summed E-state index contributed by atoms with van der Waals surface area (Å²) >= 11 is 0. The van der Waals surface area contributed by atoms with Gasteiger partial charge in [0.05, 0.1) is 25.7 Å². The summed E-state index contributed by atoms with van der Waals surface area (Å²) < 4.78 is 25.2. The van der Waals surface area contributed by atoms with Crippen molar-refractivity contribution in [1.82, 2.24) is 4.90 Å². The highest BCUT2D eigenvalue weighted by atomic mass is 19.1. The molecule has 3 rings (SSSR count). The van der Waals surface area contributed by atoms with Gasteiger partial charge >= 0.3 is 0 Å². The third-order valence-corrected chi connectivity index (χ3v) is 4.50. The number of carbonyl (C=O) groups excluding carboxylic acids is 1. The molecule has 0 radical (unpaired) electrons. The molecule has 2 fully saturated rings. The SMILES string of the molecule is Cc1cc(F)cc(CC(=O)N2CC(C)OC3(CCCOC3)C2)c1. The Morgan fingerprint density at radius 2 is 2.26 bits per heavy atom. The Hall–Kier alpha value is -1.46. The molecular formula is C18H24FNO3. The van der Waals surface area contributed by atoms with Gasteiger partial charge in [0.15, 0.2) is 0 Å². The molecule has 0 N–H and O–H groups in total.